The Bertz CT molecular complexity index is 1000. The molecule has 32 heavy (non-hydrogen) atoms. The van der Waals surface area contributed by atoms with Crippen LogP contribution in [-0.4, -0.2) is 47.8 Å². The van der Waals surface area contributed by atoms with Crippen molar-refractivity contribution in [2.24, 2.45) is 5.92 Å². The minimum absolute atomic E-state index is 0.104. The molecule has 1 aliphatic heterocycles. The number of anilines is 1. The number of carbonyl (C=O) groups excluding carboxylic acids is 1. The Morgan fingerprint density at radius 3 is 2.78 bits per heavy atom. The smallest absolute Gasteiger partial charge is 0.230 e. The number of nitrogens with zero attached hydrogens (tertiary/aromatic N) is 3. The van der Waals surface area contributed by atoms with Gasteiger partial charge in [-0.1, -0.05) is 30.3 Å². The van der Waals surface area contributed by atoms with Gasteiger partial charge in [0, 0.05) is 42.5 Å². The van der Waals surface area contributed by atoms with Gasteiger partial charge in [-0.2, -0.15) is 4.37 Å². The van der Waals surface area contributed by atoms with Crippen molar-refractivity contribution in [2.75, 3.05) is 37.4 Å². The molecule has 0 spiro atoms. The summed E-state index contributed by atoms with van der Waals surface area (Å²) < 4.78 is 9.85. The lowest BCUT2D eigenvalue weighted by molar-refractivity contribution is -0.118. The Morgan fingerprint density at radius 2 is 2.00 bits per heavy atom. The minimum Gasteiger partial charge on any atom is -0.497 e. The molecule has 0 unspecified atom stereocenters. The molecule has 2 heterocycles. The normalized spacial score (nSPS) is 14.3. The van der Waals surface area contributed by atoms with Crippen LogP contribution in [0.2, 0.25) is 0 Å². The highest BCUT2D eigenvalue weighted by atomic mass is 32.2. The number of benzene rings is 2. The Labute approximate surface area is 197 Å². The predicted molar refractivity (Wildman–Crippen MR) is 131 cm³/mol. The summed E-state index contributed by atoms with van der Waals surface area (Å²) in [7, 11) is 1.68. The first-order chi connectivity index (χ1) is 15.7. The summed E-state index contributed by atoms with van der Waals surface area (Å²) in [4.78, 5) is 20.4. The van der Waals surface area contributed by atoms with Crippen molar-refractivity contribution in [1.29, 1.82) is 0 Å². The van der Waals surface area contributed by atoms with Gasteiger partial charge in [0.25, 0.3) is 0 Å². The number of rotatable bonds is 9. The monoisotopic (exact) mass is 468 g/mol. The maximum atomic E-state index is 12.2. The lowest BCUT2D eigenvalue weighted by atomic mass is 9.97. The fourth-order valence-corrected chi connectivity index (χ4v) is 5.20. The molecule has 1 aromatic heterocycles. The van der Waals surface area contributed by atoms with Gasteiger partial charge in [0.2, 0.25) is 11.0 Å². The average Bonchev–Trinajstić information content (AvgIpc) is 3.31. The lowest BCUT2D eigenvalue weighted by Gasteiger charge is -2.31. The zero-order chi connectivity index (χ0) is 22.2. The number of ether oxygens (including phenoxy) is 1. The van der Waals surface area contributed by atoms with Crippen LogP contribution in [-0.2, 0) is 11.2 Å². The fourth-order valence-electron chi connectivity index (χ4n) is 3.71. The van der Waals surface area contributed by atoms with Gasteiger partial charge < -0.3 is 15.0 Å². The van der Waals surface area contributed by atoms with Gasteiger partial charge >= 0.3 is 0 Å². The van der Waals surface area contributed by atoms with Gasteiger partial charge in [0.15, 0.2) is 0 Å². The first-order valence-electron chi connectivity index (χ1n) is 10.8. The van der Waals surface area contributed by atoms with E-state index in [4.69, 9.17) is 9.72 Å². The van der Waals surface area contributed by atoms with E-state index in [2.05, 4.69) is 20.7 Å². The standard InChI is InChI=1S/C24H28N4O2S2/c1-30-20-7-5-6-19(14-20)15-22-26-24(32-27-22)28-12-10-18(11-13-28)16-25-23(29)17-31-21-8-3-2-4-9-21/h2-9,14,18H,10-13,15-17H2,1H3,(H,25,29). The van der Waals surface area contributed by atoms with Gasteiger partial charge in [-0.3, -0.25) is 4.79 Å². The first-order valence-corrected chi connectivity index (χ1v) is 12.6. The summed E-state index contributed by atoms with van der Waals surface area (Å²) in [5.74, 6) is 2.78. The van der Waals surface area contributed by atoms with E-state index in [-0.39, 0.29) is 5.91 Å². The van der Waals surface area contributed by atoms with Crippen molar-refractivity contribution in [3.8, 4) is 5.75 Å². The highest BCUT2D eigenvalue weighted by Gasteiger charge is 2.22. The average molecular weight is 469 g/mol. The number of aromatic nitrogens is 2. The summed E-state index contributed by atoms with van der Waals surface area (Å²) in [6.07, 6.45) is 2.81. The van der Waals surface area contributed by atoms with Crippen LogP contribution in [0.1, 0.15) is 24.2 Å². The predicted octanol–water partition coefficient (Wildman–Crippen LogP) is 4.26. The third-order valence-electron chi connectivity index (χ3n) is 5.54. The summed E-state index contributed by atoms with van der Waals surface area (Å²) >= 11 is 3.05. The van der Waals surface area contributed by atoms with Crippen molar-refractivity contribution in [1.82, 2.24) is 14.7 Å². The maximum absolute atomic E-state index is 12.2. The van der Waals surface area contributed by atoms with E-state index in [1.54, 1.807) is 18.9 Å². The second-order valence-corrected chi connectivity index (χ2v) is 9.64. The maximum Gasteiger partial charge on any atom is 0.230 e. The fraction of sp³-hybridized carbons (Fsp3) is 0.375. The van der Waals surface area contributed by atoms with E-state index in [0.29, 0.717) is 18.1 Å². The van der Waals surface area contributed by atoms with E-state index in [1.165, 1.54) is 11.5 Å². The Morgan fingerprint density at radius 1 is 1.19 bits per heavy atom. The van der Waals surface area contributed by atoms with Crippen LogP contribution in [0.4, 0.5) is 5.13 Å². The van der Waals surface area contributed by atoms with Crippen LogP contribution in [0.5, 0.6) is 5.75 Å². The van der Waals surface area contributed by atoms with Gasteiger partial charge in [-0.15, -0.1) is 11.8 Å². The van der Waals surface area contributed by atoms with E-state index in [0.717, 1.165) is 59.6 Å². The van der Waals surface area contributed by atoms with Crippen LogP contribution in [0.15, 0.2) is 59.5 Å². The number of methoxy groups -OCH3 is 1. The number of hydrogen-bond acceptors (Lipinski definition) is 7. The molecule has 0 radical (unpaired) electrons. The topological polar surface area (TPSA) is 67.3 Å². The number of nitrogens with one attached hydrogen (secondary N) is 1. The van der Waals surface area contributed by atoms with E-state index < -0.39 is 0 Å². The van der Waals surface area contributed by atoms with E-state index >= 15 is 0 Å². The SMILES string of the molecule is COc1cccc(Cc2nsc(N3CCC(CNC(=O)CSc4ccccc4)CC3)n2)c1. The molecule has 0 aliphatic carbocycles. The molecule has 2 aromatic carbocycles. The van der Waals surface area contributed by atoms with Crippen LogP contribution in [0.3, 0.4) is 0 Å². The molecule has 0 saturated carbocycles. The Hall–Kier alpha value is -2.58. The van der Waals surface area contributed by atoms with Crippen molar-refractivity contribution in [3.05, 3.63) is 66.0 Å². The molecule has 6 nitrogen and oxygen atoms in total. The molecule has 8 heteroatoms. The highest BCUT2D eigenvalue weighted by molar-refractivity contribution is 8.00. The van der Waals surface area contributed by atoms with Gasteiger partial charge in [-0.25, -0.2) is 4.98 Å². The van der Waals surface area contributed by atoms with E-state index in [9.17, 15) is 4.79 Å². The van der Waals surface area contributed by atoms with E-state index in [1.807, 2.05) is 48.5 Å². The summed E-state index contributed by atoms with van der Waals surface area (Å²) in [6, 6.07) is 18.1. The molecule has 168 valence electrons. The largest absolute Gasteiger partial charge is 0.497 e. The third kappa shape index (κ3) is 6.46. The second-order valence-electron chi connectivity index (χ2n) is 7.86. The van der Waals surface area contributed by atoms with Crippen LogP contribution in [0, 0.1) is 5.92 Å². The van der Waals surface area contributed by atoms with Crippen molar-refractivity contribution in [2.45, 2.75) is 24.2 Å². The van der Waals surface area contributed by atoms with Crippen molar-refractivity contribution in [3.63, 3.8) is 0 Å². The zero-order valence-corrected chi connectivity index (χ0v) is 19.8. The number of hydrogen-bond donors (Lipinski definition) is 1. The number of thioether (sulfide) groups is 1. The molecule has 1 saturated heterocycles. The van der Waals surface area contributed by atoms with Crippen molar-refractivity contribution >= 4 is 34.3 Å². The summed E-state index contributed by atoms with van der Waals surface area (Å²) in [6.45, 7) is 2.65. The summed E-state index contributed by atoms with van der Waals surface area (Å²) in [5.41, 5.74) is 1.15. The summed E-state index contributed by atoms with van der Waals surface area (Å²) in [5, 5.41) is 4.09. The number of piperidine rings is 1. The molecular formula is C24H28N4O2S2. The molecule has 3 aromatic rings. The van der Waals surface area contributed by atoms with Crippen LogP contribution < -0.4 is 15.0 Å². The van der Waals surface area contributed by atoms with Gasteiger partial charge in [0.05, 0.1) is 12.9 Å². The van der Waals surface area contributed by atoms with Gasteiger partial charge in [-0.05, 0) is 48.6 Å². The molecular weight excluding hydrogens is 440 g/mol. The Kier molecular flexibility index (Phi) is 8.01. The quantitative estimate of drug-likeness (QED) is 0.473. The van der Waals surface area contributed by atoms with Crippen LogP contribution in [0.25, 0.3) is 0 Å². The second kappa shape index (κ2) is 11.3. The third-order valence-corrected chi connectivity index (χ3v) is 7.37. The lowest BCUT2D eigenvalue weighted by Crippen LogP contribution is -2.39. The zero-order valence-electron chi connectivity index (χ0n) is 18.2. The molecule has 1 fully saturated rings. The molecule has 0 atom stereocenters. The molecule has 0 bridgehead atoms. The molecule has 4 rings (SSSR count). The highest BCUT2D eigenvalue weighted by Crippen LogP contribution is 2.25. The number of amides is 1. The minimum atomic E-state index is 0.104. The number of carbonyl (C=O) groups is 1. The van der Waals surface area contributed by atoms with Crippen molar-refractivity contribution < 1.29 is 9.53 Å². The van der Waals surface area contributed by atoms with Crippen LogP contribution >= 0.6 is 23.3 Å². The molecule has 1 aliphatic rings. The first kappa shape index (κ1) is 22.6. The van der Waals surface area contributed by atoms with Gasteiger partial charge in [0.1, 0.15) is 11.6 Å². The Balaban J connectivity index is 1.19. The molecule has 1 N–H and O–H groups in total. The molecule has 1 amide bonds.